The molecule has 0 radical (unpaired) electrons. The molecular weight excluding hydrogens is 226 g/mol. The Bertz CT molecular complexity index is 415. The van der Waals surface area contributed by atoms with Gasteiger partial charge >= 0.3 is 0 Å². The number of aliphatic hydroxyl groups excluding tert-OH is 1. The van der Waals surface area contributed by atoms with Gasteiger partial charge < -0.3 is 9.67 Å². The van der Waals surface area contributed by atoms with Gasteiger partial charge in [0.2, 0.25) is 0 Å². The molecule has 0 amide bonds. The predicted octanol–water partition coefficient (Wildman–Crippen LogP) is 1.91. The fraction of sp³-hybridized carbons (Fsp3) is 0.786. The summed E-state index contributed by atoms with van der Waals surface area (Å²) in [5.41, 5.74) is 1.23. The molecule has 2 aliphatic heterocycles. The van der Waals surface area contributed by atoms with Gasteiger partial charge in [-0.25, -0.2) is 4.98 Å². The van der Waals surface area contributed by atoms with Gasteiger partial charge in [-0.15, -0.1) is 0 Å². The van der Waals surface area contributed by atoms with Crippen molar-refractivity contribution in [2.24, 2.45) is 0 Å². The molecule has 2 atom stereocenters. The van der Waals surface area contributed by atoms with E-state index in [1.54, 1.807) is 0 Å². The quantitative estimate of drug-likeness (QED) is 0.889. The van der Waals surface area contributed by atoms with E-state index in [1.807, 2.05) is 0 Å². The zero-order valence-corrected chi connectivity index (χ0v) is 11.2. The molecular formula is C14H23N3O. The number of hydrogen-bond acceptors (Lipinski definition) is 3. The van der Waals surface area contributed by atoms with Crippen molar-refractivity contribution in [3.05, 3.63) is 17.7 Å². The van der Waals surface area contributed by atoms with E-state index in [0.717, 1.165) is 25.8 Å². The Balaban J connectivity index is 1.88. The van der Waals surface area contributed by atoms with Crippen molar-refractivity contribution < 1.29 is 5.11 Å². The third kappa shape index (κ3) is 1.97. The average Bonchev–Trinajstić information content (AvgIpc) is 3.03. The fourth-order valence-corrected chi connectivity index (χ4v) is 3.47. The zero-order valence-electron chi connectivity index (χ0n) is 11.2. The van der Waals surface area contributed by atoms with Gasteiger partial charge in [0.25, 0.3) is 0 Å². The van der Waals surface area contributed by atoms with Gasteiger partial charge in [-0.2, -0.15) is 0 Å². The van der Waals surface area contributed by atoms with E-state index in [4.69, 9.17) is 4.98 Å². The second-order valence-corrected chi connectivity index (χ2v) is 5.50. The van der Waals surface area contributed by atoms with Gasteiger partial charge in [-0.05, 0) is 38.8 Å². The van der Waals surface area contributed by atoms with Gasteiger partial charge in [0, 0.05) is 12.6 Å². The third-order valence-corrected chi connectivity index (χ3v) is 4.48. The molecule has 3 heterocycles. The van der Waals surface area contributed by atoms with Crippen LogP contribution in [0.2, 0.25) is 0 Å². The number of hydrogen-bond donors (Lipinski definition) is 1. The summed E-state index contributed by atoms with van der Waals surface area (Å²) in [5.74, 6) is 1.18. The molecule has 1 N–H and O–H groups in total. The molecule has 18 heavy (non-hydrogen) atoms. The maximum absolute atomic E-state index is 9.45. The van der Waals surface area contributed by atoms with E-state index in [0.29, 0.717) is 6.04 Å². The van der Waals surface area contributed by atoms with Crippen molar-refractivity contribution >= 4 is 0 Å². The van der Waals surface area contributed by atoms with Crippen LogP contribution in [0.15, 0.2) is 6.20 Å². The molecule has 0 aliphatic carbocycles. The molecule has 1 aromatic heterocycles. The van der Waals surface area contributed by atoms with Gasteiger partial charge in [0.15, 0.2) is 0 Å². The molecule has 4 heteroatoms. The summed E-state index contributed by atoms with van der Waals surface area (Å²) < 4.78 is 2.23. The van der Waals surface area contributed by atoms with Crippen molar-refractivity contribution in [2.75, 3.05) is 19.7 Å². The molecule has 0 saturated carbocycles. The maximum Gasteiger partial charge on any atom is 0.109 e. The summed E-state index contributed by atoms with van der Waals surface area (Å²) in [4.78, 5) is 7.36. The van der Waals surface area contributed by atoms with E-state index in [1.165, 1.54) is 30.9 Å². The van der Waals surface area contributed by atoms with Crippen LogP contribution in [-0.2, 0) is 6.42 Å². The minimum atomic E-state index is 0.241. The number of aliphatic hydroxyl groups is 1. The molecule has 0 bridgehead atoms. The normalized spacial score (nSPS) is 28.6. The van der Waals surface area contributed by atoms with E-state index < -0.39 is 0 Å². The van der Waals surface area contributed by atoms with Crippen LogP contribution in [0.4, 0.5) is 0 Å². The number of rotatable bonds is 3. The zero-order chi connectivity index (χ0) is 12.5. The molecule has 1 aromatic rings. The van der Waals surface area contributed by atoms with Crippen molar-refractivity contribution in [1.82, 2.24) is 14.5 Å². The number of imidazole rings is 1. The average molecular weight is 249 g/mol. The van der Waals surface area contributed by atoms with Crippen LogP contribution < -0.4 is 0 Å². The third-order valence-electron chi connectivity index (χ3n) is 4.48. The summed E-state index contributed by atoms with van der Waals surface area (Å²) >= 11 is 0. The number of likely N-dealkylation sites (tertiary alicyclic amines) is 1. The molecule has 3 rings (SSSR count). The highest BCUT2D eigenvalue weighted by Crippen LogP contribution is 2.33. The summed E-state index contributed by atoms with van der Waals surface area (Å²) in [6.07, 6.45) is 8.02. The highest BCUT2D eigenvalue weighted by molar-refractivity contribution is 5.13. The number of nitrogens with zero attached hydrogens (tertiary/aromatic N) is 3. The van der Waals surface area contributed by atoms with Crippen LogP contribution in [-0.4, -0.2) is 39.3 Å². The molecule has 2 aliphatic rings. The summed E-state index contributed by atoms with van der Waals surface area (Å²) in [6, 6.07) is 0.763. The molecule has 1 saturated heterocycles. The van der Waals surface area contributed by atoms with E-state index in [9.17, 15) is 5.11 Å². The fourth-order valence-electron chi connectivity index (χ4n) is 3.47. The number of fused-ring (bicyclic) bond motifs is 1. The molecule has 0 spiro atoms. The molecule has 0 aromatic carbocycles. The molecule has 100 valence electrons. The lowest BCUT2D eigenvalue weighted by atomic mass is 10.1. The lowest BCUT2D eigenvalue weighted by Gasteiger charge is -2.23. The van der Waals surface area contributed by atoms with Crippen molar-refractivity contribution in [3.63, 3.8) is 0 Å². The van der Waals surface area contributed by atoms with Crippen LogP contribution in [0.5, 0.6) is 0 Å². The van der Waals surface area contributed by atoms with Crippen molar-refractivity contribution in [3.8, 4) is 0 Å². The van der Waals surface area contributed by atoms with Crippen molar-refractivity contribution in [2.45, 2.75) is 51.1 Å². The first kappa shape index (κ1) is 12.2. The Kier molecular flexibility index (Phi) is 3.39. The lowest BCUT2D eigenvalue weighted by Crippen LogP contribution is -2.22. The molecule has 4 nitrogen and oxygen atoms in total. The Morgan fingerprint density at radius 2 is 2.28 bits per heavy atom. The standard InChI is InChI=1S/C14H23N3O/c1-2-16-8-4-6-13(16)12-9-17-11(10-18)5-3-7-14(17)15-12/h9,11,13,18H,2-8,10H2,1H3. The van der Waals surface area contributed by atoms with Crippen LogP contribution in [0.25, 0.3) is 0 Å². The highest BCUT2D eigenvalue weighted by Gasteiger charge is 2.29. The topological polar surface area (TPSA) is 41.3 Å². The van der Waals surface area contributed by atoms with Gasteiger partial charge in [0.1, 0.15) is 5.82 Å². The van der Waals surface area contributed by atoms with E-state index in [2.05, 4.69) is 22.6 Å². The largest absolute Gasteiger partial charge is 0.394 e. The second-order valence-electron chi connectivity index (χ2n) is 5.50. The van der Waals surface area contributed by atoms with E-state index in [-0.39, 0.29) is 12.6 Å². The Labute approximate surface area is 109 Å². The first-order valence-corrected chi connectivity index (χ1v) is 7.26. The Morgan fingerprint density at radius 1 is 1.39 bits per heavy atom. The number of aromatic nitrogens is 2. The summed E-state index contributed by atoms with van der Waals surface area (Å²) in [7, 11) is 0. The first-order valence-electron chi connectivity index (χ1n) is 7.26. The van der Waals surface area contributed by atoms with Gasteiger partial charge in [-0.1, -0.05) is 6.92 Å². The number of aryl methyl sites for hydroxylation is 1. The van der Waals surface area contributed by atoms with Crippen LogP contribution >= 0.6 is 0 Å². The van der Waals surface area contributed by atoms with E-state index >= 15 is 0 Å². The van der Waals surface area contributed by atoms with Crippen LogP contribution in [0, 0.1) is 0 Å². The Morgan fingerprint density at radius 3 is 3.06 bits per heavy atom. The minimum Gasteiger partial charge on any atom is -0.394 e. The smallest absolute Gasteiger partial charge is 0.109 e. The van der Waals surface area contributed by atoms with Crippen LogP contribution in [0.1, 0.15) is 56.2 Å². The Hall–Kier alpha value is -0.870. The lowest BCUT2D eigenvalue weighted by molar-refractivity contribution is 0.206. The summed E-state index contributed by atoms with van der Waals surface area (Å²) in [6.45, 7) is 4.78. The molecule has 2 unspecified atom stereocenters. The highest BCUT2D eigenvalue weighted by atomic mass is 16.3. The summed E-state index contributed by atoms with van der Waals surface area (Å²) in [5, 5.41) is 9.45. The van der Waals surface area contributed by atoms with Crippen molar-refractivity contribution in [1.29, 1.82) is 0 Å². The minimum absolute atomic E-state index is 0.241. The second kappa shape index (κ2) is 5.02. The first-order chi connectivity index (χ1) is 8.83. The van der Waals surface area contributed by atoms with Crippen LogP contribution in [0.3, 0.4) is 0 Å². The monoisotopic (exact) mass is 249 g/mol. The predicted molar refractivity (Wildman–Crippen MR) is 70.5 cm³/mol. The van der Waals surface area contributed by atoms with Gasteiger partial charge in [0.05, 0.1) is 24.4 Å². The SMILES string of the molecule is CCN1CCCC1c1cn2c(n1)CCCC2CO. The maximum atomic E-state index is 9.45. The van der Waals surface area contributed by atoms with Gasteiger partial charge in [-0.3, -0.25) is 4.90 Å². The molecule has 1 fully saturated rings.